The maximum absolute atomic E-state index is 14.5. The molecule has 2 amide bonds. The fourth-order valence-corrected chi connectivity index (χ4v) is 7.15. The number of amides is 2. The van der Waals surface area contributed by atoms with Gasteiger partial charge in [0.2, 0.25) is 0 Å². The number of ether oxygens (including phenoxy) is 1. The summed E-state index contributed by atoms with van der Waals surface area (Å²) < 4.78 is 20.4. The lowest BCUT2D eigenvalue weighted by atomic mass is 9.79. The van der Waals surface area contributed by atoms with Crippen LogP contribution in [-0.4, -0.2) is 64.2 Å². The van der Waals surface area contributed by atoms with Gasteiger partial charge in [-0.15, -0.1) is 0 Å². The molecule has 4 fully saturated rings. The Labute approximate surface area is 222 Å². The van der Waals surface area contributed by atoms with Gasteiger partial charge < -0.3 is 9.64 Å². The molecule has 0 bridgehead atoms. The molecule has 2 heterocycles. The van der Waals surface area contributed by atoms with Crippen molar-refractivity contribution >= 4 is 11.9 Å². The first-order valence-electron chi connectivity index (χ1n) is 14.7. The average molecular weight is 513 g/mol. The molecule has 2 saturated carbocycles. The van der Waals surface area contributed by atoms with Gasteiger partial charge in [0, 0.05) is 25.2 Å². The number of hydrogen-bond acceptors (Lipinski definition) is 4. The largest absolute Gasteiger partial charge is 0.491 e. The van der Waals surface area contributed by atoms with Gasteiger partial charge >= 0.3 is 6.03 Å². The SMILES string of the molecule is CC(C)Oc1cccc(CN2CCC3(CC2C)C(=NC2CCCCC2)NC(=O)N3C2CCCC(F)C2)c1. The molecule has 4 aliphatic rings. The van der Waals surface area contributed by atoms with Crippen LogP contribution in [0.15, 0.2) is 29.3 Å². The number of aliphatic imine (C=N–C) groups is 1. The predicted molar refractivity (Wildman–Crippen MR) is 146 cm³/mol. The van der Waals surface area contributed by atoms with Gasteiger partial charge in [-0.3, -0.25) is 15.2 Å². The molecule has 4 unspecified atom stereocenters. The summed E-state index contributed by atoms with van der Waals surface area (Å²) in [5, 5.41) is 3.21. The number of nitrogens with one attached hydrogen (secondary N) is 1. The summed E-state index contributed by atoms with van der Waals surface area (Å²) in [5.41, 5.74) is 0.788. The van der Waals surface area contributed by atoms with E-state index in [-0.39, 0.29) is 30.3 Å². The van der Waals surface area contributed by atoms with Gasteiger partial charge in [-0.25, -0.2) is 9.18 Å². The number of nitrogens with zero attached hydrogens (tertiary/aromatic N) is 3. The second-order valence-electron chi connectivity index (χ2n) is 12.1. The van der Waals surface area contributed by atoms with Crippen molar-refractivity contribution < 1.29 is 13.9 Å². The molecule has 4 atom stereocenters. The number of urea groups is 1. The summed E-state index contributed by atoms with van der Waals surface area (Å²) in [6, 6.07) is 8.83. The van der Waals surface area contributed by atoms with Gasteiger partial charge in [0.25, 0.3) is 0 Å². The molecule has 1 aromatic carbocycles. The first-order chi connectivity index (χ1) is 17.8. The van der Waals surface area contributed by atoms with E-state index >= 15 is 0 Å². The standard InChI is InChI=1S/C30H45FN4O2/c1-21(2)37-27-14-7-9-23(17-27)20-34-16-15-30(19-22(34)3)28(32-25-11-5-4-6-12-25)33-29(36)35(30)26-13-8-10-24(31)18-26/h7,9,14,17,21-22,24-26H,4-6,8,10-13,15-16,18-20H2,1-3H3,(H,32,33,36). The van der Waals surface area contributed by atoms with Crippen LogP contribution in [0.1, 0.15) is 97.0 Å². The summed E-state index contributed by atoms with van der Waals surface area (Å²) in [7, 11) is 0. The van der Waals surface area contributed by atoms with Crippen LogP contribution in [-0.2, 0) is 6.54 Å². The predicted octanol–water partition coefficient (Wildman–Crippen LogP) is 6.23. The van der Waals surface area contributed by atoms with Gasteiger partial charge in [-0.1, -0.05) is 31.4 Å². The summed E-state index contributed by atoms with van der Waals surface area (Å²) in [6.45, 7) is 8.08. The number of alkyl halides is 1. The van der Waals surface area contributed by atoms with Crippen LogP contribution in [0.5, 0.6) is 5.75 Å². The number of piperidine rings is 1. The van der Waals surface area contributed by atoms with Gasteiger partial charge in [-0.2, -0.15) is 0 Å². The van der Waals surface area contributed by atoms with Crippen LogP contribution in [0.2, 0.25) is 0 Å². The van der Waals surface area contributed by atoms with Crippen molar-refractivity contribution in [3.05, 3.63) is 29.8 Å². The van der Waals surface area contributed by atoms with E-state index in [1.54, 1.807) is 0 Å². The molecule has 1 aromatic rings. The molecule has 6 nitrogen and oxygen atoms in total. The highest BCUT2D eigenvalue weighted by molar-refractivity contribution is 6.10. The molecular weight excluding hydrogens is 467 g/mol. The fourth-order valence-electron chi connectivity index (χ4n) is 7.15. The molecule has 5 rings (SSSR count). The maximum atomic E-state index is 14.5. The van der Waals surface area contributed by atoms with E-state index in [0.29, 0.717) is 12.8 Å². The quantitative estimate of drug-likeness (QED) is 0.491. The summed E-state index contributed by atoms with van der Waals surface area (Å²) in [5.74, 6) is 1.77. The lowest BCUT2D eigenvalue weighted by molar-refractivity contribution is 0.0266. The lowest BCUT2D eigenvalue weighted by Gasteiger charge is -2.50. The minimum absolute atomic E-state index is 0.0496. The molecule has 37 heavy (non-hydrogen) atoms. The first-order valence-corrected chi connectivity index (χ1v) is 14.7. The van der Waals surface area contributed by atoms with Crippen LogP contribution in [0.4, 0.5) is 9.18 Å². The number of carbonyl (C=O) groups excluding carboxylic acids is 1. The van der Waals surface area contributed by atoms with E-state index in [4.69, 9.17) is 9.73 Å². The third-order valence-electron chi connectivity index (χ3n) is 8.91. The molecule has 7 heteroatoms. The third-order valence-corrected chi connectivity index (χ3v) is 8.91. The maximum Gasteiger partial charge on any atom is 0.323 e. The highest BCUT2D eigenvalue weighted by atomic mass is 19.1. The molecule has 1 N–H and O–H groups in total. The van der Waals surface area contributed by atoms with Crippen LogP contribution in [0, 0.1) is 0 Å². The third kappa shape index (κ3) is 5.81. The van der Waals surface area contributed by atoms with E-state index in [1.807, 2.05) is 24.8 Å². The zero-order valence-corrected chi connectivity index (χ0v) is 22.9. The highest BCUT2D eigenvalue weighted by Crippen LogP contribution is 2.42. The second kappa shape index (κ2) is 11.3. The smallest absolute Gasteiger partial charge is 0.323 e. The zero-order valence-electron chi connectivity index (χ0n) is 22.9. The Morgan fingerprint density at radius 2 is 1.97 bits per heavy atom. The van der Waals surface area contributed by atoms with Crippen molar-refractivity contribution in [2.24, 2.45) is 4.99 Å². The minimum Gasteiger partial charge on any atom is -0.491 e. The molecule has 204 valence electrons. The molecule has 2 aliphatic carbocycles. The number of hydrogen-bond donors (Lipinski definition) is 1. The second-order valence-corrected chi connectivity index (χ2v) is 12.1. The number of rotatable bonds is 6. The van der Waals surface area contributed by atoms with Gasteiger partial charge in [0.1, 0.15) is 23.3 Å². The van der Waals surface area contributed by atoms with Crippen LogP contribution >= 0.6 is 0 Å². The Morgan fingerprint density at radius 1 is 1.16 bits per heavy atom. The van der Waals surface area contributed by atoms with Crippen molar-refractivity contribution in [2.75, 3.05) is 6.54 Å². The first kappa shape index (κ1) is 26.5. The van der Waals surface area contributed by atoms with E-state index in [9.17, 15) is 9.18 Å². The van der Waals surface area contributed by atoms with Crippen molar-refractivity contribution in [1.29, 1.82) is 0 Å². The molecular formula is C30H45FN4O2. The molecule has 2 saturated heterocycles. The summed E-state index contributed by atoms with van der Waals surface area (Å²) in [4.78, 5) is 23.3. The Morgan fingerprint density at radius 3 is 2.70 bits per heavy atom. The summed E-state index contributed by atoms with van der Waals surface area (Å²) in [6.07, 6.45) is 9.68. The average Bonchev–Trinajstić information content (AvgIpc) is 3.11. The van der Waals surface area contributed by atoms with Gasteiger partial charge in [-0.05, 0) is 89.8 Å². The van der Waals surface area contributed by atoms with Crippen molar-refractivity contribution in [3.8, 4) is 5.75 Å². The lowest BCUT2D eigenvalue weighted by Crippen LogP contribution is -2.62. The van der Waals surface area contributed by atoms with Crippen molar-refractivity contribution in [2.45, 2.75) is 134 Å². The van der Waals surface area contributed by atoms with E-state index in [1.165, 1.54) is 24.8 Å². The van der Waals surface area contributed by atoms with E-state index in [2.05, 4.69) is 35.3 Å². The summed E-state index contributed by atoms with van der Waals surface area (Å²) >= 11 is 0. The number of amidine groups is 1. The monoisotopic (exact) mass is 512 g/mol. The highest BCUT2D eigenvalue weighted by Gasteiger charge is 2.56. The number of halogens is 1. The van der Waals surface area contributed by atoms with Gasteiger partial charge in [0.05, 0.1) is 12.1 Å². The Kier molecular flexibility index (Phi) is 8.08. The number of likely N-dealkylation sites (tertiary alicyclic amines) is 1. The van der Waals surface area contributed by atoms with Crippen LogP contribution < -0.4 is 10.1 Å². The van der Waals surface area contributed by atoms with Crippen LogP contribution in [0.3, 0.4) is 0 Å². The molecule has 1 spiro atoms. The number of benzene rings is 1. The Bertz CT molecular complexity index is 978. The van der Waals surface area contributed by atoms with Crippen molar-refractivity contribution in [1.82, 2.24) is 15.1 Å². The van der Waals surface area contributed by atoms with E-state index < -0.39 is 11.7 Å². The normalized spacial score (nSPS) is 32.9. The van der Waals surface area contributed by atoms with Crippen LogP contribution in [0.25, 0.3) is 0 Å². The number of carbonyl (C=O) groups is 1. The van der Waals surface area contributed by atoms with Crippen molar-refractivity contribution in [3.63, 3.8) is 0 Å². The molecule has 0 aromatic heterocycles. The Balaban J connectivity index is 1.38. The fraction of sp³-hybridized carbons (Fsp3) is 0.733. The van der Waals surface area contributed by atoms with Gasteiger partial charge in [0.15, 0.2) is 0 Å². The molecule has 0 radical (unpaired) electrons. The topological polar surface area (TPSA) is 57.2 Å². The zero-order chi connectivity index (χ0) is 26.0. The van der Waals surface area contributed by atoms with E-state index in [0.717, 1.165) is 63.2 Å². The Hall–Kier alpha value is -2.15. The molecule has 2 aliphatic heterocycles. The minimum atomic E-state index is -0.819.